The molecule has 0 spiro atoms. The maximum atomic E-state index is 12.3. The van der Waals surface area contributed by atoms with E-state index in [1.807, 2.05) is 24.3 Å². The van der Waals surface area contributed by atoms with Crippen LogP contribution in [0.15, 0.2) is 48.6 Å². The van der Waals surface area contributed by atoms with E-state index in [4.69, 9.17) is 19.3 Å². The first-order chi connectivity index (χ1) is 21.7. The van der Waals surface area contributed by atoms with Gasteiger partial charge in [0.1, 0.15) is 6.61 Å². The number of unbranched alkanes of at least 4 members (excludes halogenated alkanes) is 10. The zero-order chi connectivity index (χ0) is 33.4. The first-order valence-corrected chi connectivity index (χ1v) is 18.6. The van der Waals surface area contributed by atoms with Gasteiger partial charge in [0.15, 0.2) is 6.10 Å². The molecule has 9 nitrogen and oxygen atoms in total. The minimum atomic E-state index is -4.77. The van der Waals surface area contributed by atoms with E-state index in [1.54, 1.807) is 0 Å². The fourth-order valence-corrected chi connectivity index (χ4v) is 4.68. The van der Waals surface area contributed by atoms with Gasteiger partial charge in [0.25, 0.3) is 0 Å². The number of esters is 2. The third-order valence-corrected chi connectivity index (χ3v) is 7.41. The second-order valence-electron chi connectivity index (χ2n) is 11.3. The minimum Gasteiger partial charge on any atom is -0.462 e. The van der Waals surface area contributed by atoms with Crippen LogP contribution in [0.5, 0.6) is 0 Å². The van der Waals surface area contributed by atoms with Gasteiger partial charge in [-0.15, -0.1) is 0 Å². The molecule has 0 fully saturated rings. The van der Waals surface area contributed by atoms with Gasteiger partial charge in [-0.2, -0.15) is 0 Å². The number of carbonyl (C=O) groups is 2. The van der Waals surface area contributed by atoms with Crippen LogP contribution < -0.4 is 0 Å². The van der Waals surface area contributed by atoms with Gasteiger partial charge in [0, 0.05) is 12.8 Å². The lowest BCUT2D eigenvalue weighted by molar-refractivity contribution is -0.161. The fourth-order valence-electron chi connectivity index (χ4n) is 4.32. The number of phosphoric acid groups is 1. The Hall–Kier alpha value is -2.03. The van der Waals surface area contributed by atoms with Crippen molar-refractivity contribution in [2.45, 2.75) is 148 Å². The number of hydrogen-bond acceptors (Lipinski definition) is 7. The van der Waals surface area contributed by atoms with Crippen LogP contribution in [0.1, 0.15) is 136 Å². The number of allylic oxidation sites excluding steroid dienone is 7. The Bertz CT molecular complexity index is 892. The molecule has 0 aliphatic heterocycles. The Kier molecular flexibility index (Phi) is 29.2. The van der Waals surface area contributed by atoms with Gasteiger partial charge in [-0.05, 0) is 44.9 Å². The van der Waals surface area contributed by atoms with Crippen LogP contribution in [-0.4, -0.2) is 52.3 Å². The summed E-state index contributed by atoms with van der Waals surface area (Å²) in [7, 11) is -4.77. The van der Waals surface area contributed by atoms with E-state index in [-0.39, 0.29) is 25.6 Å². The molecule has 0 aliphatic carbocycles. The van der Waals surface area contributed by atoms with E-state index in [9.17, 15) is 19.3 Å². The second kappa shape index (κ2) is 30.6. The number of rotatable bonds is 30. The third-order valence-electron chi connectivity index (χ3n) is 6.92. The van der Waals surface area contributed by atoms with Gasteiger partial charge >= 0.3 is 19.8 Å². The van der Waals surface area contributed by atoms with Crippen molar-refractivity contribution >= 4 is 19.8 Å². The smallest absolute Gasteiger partial charge is 0.462 e. The van der Waals surface area contributed by atoms with Crippen LogP contribution >= 0.6 is 7.82 Å². The summed E-state index contributed by atoms with van der Waals surface area (Å²) >= 11 is 0. The number of phosphoric ester groups is 1. The first-order valence-electron chi connectivity index (χ1n) is 17.0. The molecule has 0 aromatic heterocycles. The minimum absolute atomic E-state index is 0.119. The summed E-state index contributed by atoms with van der Waals surface area (Å²) < 4.78 is 26.1. The van der Waals surface area contributed by atoms with E-state index in [0.29, 0.717) is 19.3 Å². The topological polar surface area (TPSA) is 140 Å². The van der Waals surface area contributed by atoms with Crippen molar-refractivity contribution in [1.29, 1.82) is 0 Å². The third kappa shape index (κ3) is 33.2. The molecule has 0 radical (unpaired) electrons. The zero-order valence-electron chi connectivity index (χ0n) is 27.9. The predicted octanol–water partition coefficient (Wildman–Crippen LogP) is 8.59. The van der Waals surface area contributed by atoms with Crippen molar-refractivity contribution in [3.05, 3.63) is 48.6 Å². The molecule has 0 aliphatic rings. The molecule has 2 atom stereocenters. The zero-order valence-corrected chi connectivity index (χ0v) is 28.8. The summed E-state index contributed by atoms with van der Waals surface area (Å²) in [5.41, 5.74) is 0. The number of hydrogen-bond donors (Lipinski definition) is 3. The Labute approximate surface area is 272 Å². The Morgan fingerprint density at radius 1 is 0.667 bits per heavy atom. The molecule has 0 aromatic carbocycles. The monoisotopic (exact) mass is 656 g/mol. The average molecular weight is 657 g/mol. The van der Waals surface area contributed by atoms with Gasteiger partial charge in [-0.3, -0.25) is 14.1 Å². The van der Waals surface area contributed by atoms with Gasteiger partial charge in [-0.1, -0.05) is 127 Å². The fraction of sp³-hybridized carbons (Fsp3) is 0.714. The van der Waals surface area contributed by atoms with Crippen LogP contribution in [0, 0.1) is 0 Å². The SMILES string of the molecule is CCCCCCCCCCCC(=O)OC[C@H](COP(=O)(O)O)OC(=O)CCC/C=C\C/C=C\C/C=C\C/C=C\[C@H](O)CCCC. The lowest BCUT2D eigenvalue weighted by Crippen LogP contribution is -2.29. The van der Waals surface area contributed by atoms with Gasteiger partial charge < -0.3 is 24.4 Å². The average Bonchev–Trinajstić information content (AvgIpc) is 3.00. The molecule has 0 unspecified atom stereocenters. The predicted molar refractivity (Wildman–Crippen MR) is 180 cm³/mol. The summed E-state index contributed by atoms with van der Waals surface area (Å²) in [5, 5.41) is 9.76. The van der Waals surface area contributed by atoms with Crippen molar-refractivity contribution in [1.82, 2.24) is 0 Å². The van der Waals surface area contributed by atoms with Crippen LogP contribution in [-0.2, 0) is 28.2 Å². The molecular formula is C35H61O9P. The first kappa shape index (κ1) is 43.0. The number of aliphatic hydroxyl groups is 1. The Morgan fingerprint density at radius 2 is 1.20 bits per heavy atom. The van der Waals surface area contributed by atoms with E-state index in [2.05, 4.69) is 42.7 Å². The summed E-state index contributed by atoms with van der Waals surface area (Å²) in [6, 6.07) is 0. The van der Waals surface area contributed by atoms with Crippen LogP contribution in [0.3, 0.4) is 0 Å². The van der Waals surface area contributed by atoms with Crippen molar-refractivity contribution in [3.8, 4) is 0 Å². The standard InChI is InChI=1S/C35H61O9P/c1-3-5-7-8-9-14-18-21-24-28-34(37)42-30-33(31-43-45(39,40)41)44-35(38)29-25-22-19-16-13-11-10-12-15-17-20-23-27-32(36)26-6-4-2/h10-11,15-17,19,23,27,32-33,36H,3-9,12-14,18,20-22,24-26,28-31H2,1-2H3,(H2,39,40,41)/b11-10-,17-15-,19-16-,27-23-/t32-,33-/m1/s1. The van der Waals surface area contributed by atoms with Crippen molar-refractivity contribution in [2.24, 2.45) is 0 Å². The molecule has 0 aromatic rings. The van der Waals surface area contributed by atoms with Crippen molar-refractivity contribution in [3.63, 3.8) is 0 Å². The molecular weight excluding hydrogens is 595 g/mol. The summed E-state index contributed by atoms with van der Waals surface area (Å²) in [5.74, 6) is -0.980. The molecule has 260 valence electrons. The number of carbonyl (C=O) groups excluding carboxylic acids is 2. The lowest BCUT2D eigenvalue weighted by atomic mass is 10.1. The lowest BCUT2D eigenvalue weighted by Gasteiger charge is -2.18. The molecule has 0 saturated heterocycles. The molecule has 3 N–H and O–H groups in total. The second-order valence-corrected chi connectivity index (χ2v) is 12.6. The maximum absolute atomic E-state index is 12.3. The highest BCUT2D eigenvalue weighted by Crippen LogP contribution is 2.35. The normalized spacial score (nSPS) is 13.8. The van der Waals surface area contributed by atoms with E-state index in [0.717, 1.165) is 57.8 Å². The molecule has 45 heavy (non-hydrogen) atoms. The molecule has 10 heteroatoms. The van der Waals surface area contributed by atoms with Gasteiger partial charge in [0.2, 0.25) is 0 Å². The largest absolute Gasteiger partial charge is 0.469 e. The van der Waals surface area contributed by atoms with E-state index >= 15 is 0 Å². The van der Waals surface area contributed by atoms with Gasteiger partial charge in [0.05, 0.1) is 12.7 Å². The van der Waals surface area contributed by atoms with E-state index in [1.165, 1.54) is 32.1 Å². The summed E-state index contributed by atoms with van der Waals surface area (Å²) in [6.07, 6.45) is 31.8. The van der Waals surface area contributed by atoms with Crippen LogP contribution in [0.2, 0.25) is 0 Å². The Balaban J connectivity index is 4.16. The van der Waals surface area contributed by atoms with E-state index < -0.39 is 32.5 Å². The van der Waals surface area contributed by atoms with Crippen molar-refractivity contribution in [2.75, 3.05) is 13.2 Å². The maximum Gasteiger partial charge on any atom is 0.469 e. The van der Waals surface area contributed by atoms with Crippen LogP contribution in [0.4, 0.5) is 0 Å². The van der Waals surface area contributed by atoms with Crippen molar-refractivity contribution < 1.29 is 43.0 Å². The highest BCUT2D eigenvalue weighted by Gasteiger charge is 2.22. The molecule has 0 amide bonds. The number of aliphatic hydroxyl groups excluding tert-OH is 1. The Morgan fingerprint density at radius 3 is 1.80 bits per heavy atom. The quantitative estimate of drug-likeness (QED) is 0.0300. The molecule has 0 saturated carbocycles. The highest BCUT2D eigenvalue weighted by atomic mass is 31.2. The molecule has 0 bridgehead atoms. The number of ether oxygens (including phenoxy) is 2. The van der Waals surface area contributed by atoms with Gasteiger partial charge in [-0.25, -0.2) is 4.57 Å². The summed E-state index contributed by atoms with van der Waals surface area (Å²) in [4.78, 5) is 42.4. The highest BCUT2D eigenvalue weighted by molar-refractivity contribution is 7.46. The molecule has 0 rings (SSSR count). The molecule has 0 heterocycles. The summed E-state index contributed by atoms with van der Waals surface area (Å²) in [6.45, 7) is 3.42. The van der Waals surface area contributed by atoms with Crippen LogP contribution in [0.25, 0.3) is 0 Å².